The fraction of sp³-hybridized carbons (Fsp3) is 0.143. The van der Waals surface area contributed by atoms with Crippen LogP contribution in [0.2, 0.25) is 0 Å². The molecule has 31 heavy (non-hydrogen) atoms. The fourth-order valence-electron chi connectivity index (χ4n) is 3.34. The molecule has 0 unspecified atom stereocenters. The second-order valence-corrected chi connectivity index (χ2v) is 7.83. The van der Waals surface area contributed by atoms with Crippen molar-refractivity contribution in [2.24, 2.45) is 0 Å². The van der Waals surface area contributed by atoms with E-state index in [4.69, 9.17) is 4.74 Å². The van der Waals surface area contributed by atoms with Crippen LogP contribution in [0.4, 0.5) is 0 Å². The van der Waals surface area contributed by atoms with Crippen molar-refractivity contribution in [3.05, 3.63) is 75.2 Å². The normalized spacial score (nSPS) is 11.3. The Morgan fingerprint density at radius 1 is 1.16 bits per heavy atom. The number of carbonyl (C=O) groups excluding carboxylic acids is 1. The number of benzene rings is 1. The zero-order valence-electron chi connectivity index (χ0n) is 16.6. The Morgan fingerprint density at radius 2 is 1.97 bits per heavy atom. The second kappa shape index (κ2) is 7.40. The molecule has 0 saturated carbocycles. The lowest BCUT2D eigenvalue weighted by molar-refractivity contribution is 0.0448. The van der Waals surface area contributed by atoms with Gasteiger partial charge in [0.25, 0.3) is 17.2 Å². The van der Waals surface area contributed by atoms with Gasteiger partial charge in [0.2, 0.25) is 0 Å². The summed E-state index contributed by atoms with van der Waals surface area (Å²) in [5.74, 6) is -0.251. The van der Waals surface area contributed by atoms with Crippen molar-refractivity contribution < 1.29 is 9.53 Å². The number of nitrogens with one attached hydrogen (secondary N) is 1. The lowest BCUT2D eigenvalue weighted by atomic mass is 10.1. The maximum atomic E-state index is 12.7. The van der Waals surface area contributed by atoms with Crippen molar-refractivity contribution in [1.82, 2.24) is 29.5 Å². The molecule has 154 valence electrons. The van der Waals surface area contributed by atoms with Gasteiger partial charge in [0.15, 0.2) is 0 Å². The number of hydrogen-bond acceptors (Lipinski definition) is 8. The number of thiophene rings is 1. The zero-order valence-corrected chi connectivity index (χ0v) is 17.4. The molecule has 0 bridgehead atoms. The van der Waals surface area contributed by atoms with Crippen LogP contribution in [0.3, 0.4) is 0 Å². The molecule has 0 aliphatic carbocycles. The van der Waals surface area contributed by atoms with Crippen LogP contribution in [0, 0.1) is 13.8 Å². The van der Waals surface area contributed by atoms with Crippen LogP contribution >= 0.6 is 11.3 Å². The van der Waals surface area contributed by atoms with E-state index < -0.39 is 5.97 Å². The van der Waals surface area contributed by atoms with E-state index in [1.807, 2.05) is 55.6 Å². The first-order valence-corrected chi connectivity index (χ1v) is 10.3. The van der Waals surface area contributed by atoms with E-state index in [0.29, 0.717) is 16.0 Å². The SMILES string of the molecule is Cc1cc(C)n2nc(C(=O)OCc3nc4scc(-c5ccccc5)c4c(=O)[nH]3)nc2n1. The quantitative estimate of drug-likeness (QED) is 0.434. The summed E-state index contributed by atoms with van der Waals surface area (Å²) in [6.45, 7) is 3.48. The van der Waals surface area contributed by atoms with E-state index in [-0.39, 0.29) is 23.8 Å². The predicted octanol–water partition coefficient (Wildman–Crippen LogP) is 3.06. The van der Waals surface area contributed by atoms with Crippen LogP contribution in [0.25, 0.3) is 27.1 Å². The molecule has 0 radical (unpaired) electrons. The highest BCUT2D eigenvalue weighted by molar-refractivity contribution is 7.17. The molecule has 4 heterocycles. The predicted molar refractivity (Wildman–Crippen MR) is 115 cm³/mol. The van der Waals surface area contributed by atoms with Crippen molar-refractivity contribution in [2.75, 3.05) is 0 Å². The van der Waals surface area contributed by atoms with Crippen molar-refractivity contribution in [2.45, 2.75) is 20.5 Å². The minimum atomic E-state index is -0.721. The maximum Gasteiger partial charge on any atom is 0.378 e. The fourth-order valence-corrected chi connectivity index (χ4v) is 4.31. The number of ether oxygens (including phenoxy) is 1. The van der Waals surface area contributed by atoms with Gasteiger partial charge >= 0.3 is 5.97 Å². The first-order chi connectivity index (χ1) is 15.0. The third kappa shape index (κ3) is 3.46. The summed E-state index contributed by atoms with van der Waals surface area (Å²) in [7, 11) is 0. The highest BCUT2D eigenvalue weighted by atomic mass is 32.1. The number of H-pyrrole nitrogens is 1. The van der Waals surface area contributed by atoms with Gasteiger partial charge < -0.3 is 9.72 Å². The van der Waals surface area contributed by atoms with E-state index in [1.165, 1.54) is 15.9 Å². The van der Waals surface area contributed by atoms with Crippen LogP contribution in [-0.4, -0.2) is 35.5 Å². The van der Waals surface area contributed by atoms with E-state index >= 15 is 0 Å². The Bertz CT molecular complexity index is 1500. The molecule has 9 nitrogen and oxygen atoms in total. The molecule has 0 aliphatic heterocycles. The van der Waals surface area contributed by atoms with Crippen LogP contribution in [0.15, 0.2) is 46.6 Å². The monoisotopic (exact) mass is 432 g/mol. The standard InChI is InChI=1S/C21H16N6O3S/c1-11-8-12(2)27-21(22-11)25-17(26-27)20(29)30-9-15-23-18(28)16-14(10-31-19(16)24-15)13-6-4-3-5-7-13/h3-8,10H,9H2,1-2H3,(H,23,24,28). The molecule has 5 aromatic rings. The third-order valence-corrected chi connectivity index (χ3v) is 5.59. The number of aromatic nitrogens is 6. The Morgan fingerprint density at radius 3 is 2.77 bits per heavy atom. The van der Waals surface area contributed by atoms with Gasteiger partial charge in [0.1, 0.15) is 17.3 Å². The number of fused-ring (bicyclic) bond motifs is 2. The number of aromatic amines is 1. The first kappa shape index (κ1) is 19.1. The molecule has 1 N–H and O–H groups in total. The molecule has 4 aromatic heterocycles. The number of rotatable bonds is 4. The molecule has 0 atom stereocenters. The van der Waals surface area contributed by atoms with Crippen LogP contribution in [-0.2, 0) is 11.3 Å². The molecule has 10 heteroatoms. The number of nitrogens with zero attached hydrogens (tertiary/aromatic N) is 5. The summed E-state index contributed by atoms with van der Waals surface area (Å²) in [6, 6.07) is 11.5. The van der Waals surface area contributed by atoms with E-state index in [9.17, 15) is 9.59 Å². The van der Waals surface area contributed by atoms with Gasteiger partial charge in [-0.1, -0.05) is 30.3 Å². The summed E-state index contributed by atoms with van der Waals surface area (Å²) in [5.41, 5.74) is 3.06. The molecule has 0 aliphatic rings. The Hall–Kier alpha value is -3.92. The summed E-state index contributed by atoms with van der Waals surface area (Å²) in [5, 5.41) is 6.57. The average molecular weight is 432 g/mol. The van der Waals surface area contributed by atoms with Gasteiger partial charge in [-0.05, 0) is 25.5 Å². The topological polar surface area (TPSA) is 115 Å². The maximum absolute atomic E-state index is 12.7. The number of hydrogen-bond donors (Lipinski definition) is 1. The molecule has 0 spiro atoms. The van der Waals surface area contributed by atoms with Crippen molar-refractivity contribution in [1.29, 1.82) is 0 Å². The van der Waals surface area contributed by atoms with Gasteiger partial charge in [-0.15, -0.1) is 16.4 Å². The first-order valence-electron chi connectivity index (χ1n) is 9.43. The van der Waals surface area contributed by atoms with Crippen molar-refractivity contribution >= 4 is 33.3 Å². The van der Waals surface area contributed by atoms with Crippen molar-refractivity contribution in [3.8, 4) is 11.1 Å². The number of aryl methyl sites for hydroxylation is 2. The van der Waals surface area contributed by atoms with Crippen LogP contribution < -0.4 is 5.56 Å². The Labute approximate surface area is 179 Å². The van der Waals surface area contributed by atoms with E-state index in [2.05, 4.69) is 25.0 Å². The van der Waals surface area contributed by atoms with Gasteiger partial charge in [-0.3, -0.25) is 4.79 Å². The summed E-state index contributed by atoms with van der Waals surface area (Å²) in [6.07, 6.45) is 0. The summed E-state index contributed by atoms with van der Waals surface area (Å²) in [4.78, 5) is 41.2. The van der Waals surface area contributed by atoms with Gasteiger partial charge in [-0.25, -0.2) is 19.3 Å². The number of esters is 1. The van der Waals surface area contributed by atoms with E-state index in [0.717, 1.165) is 22.5 Å². The molecular weight excluding hydrogens is 416 g/mol. The zero-order chi connectivity index (χ0) is 21.5. The van der Waals surface area contributed by atoms with Gasteiger partial charge in [-0.2, -0.15) is 4.98 Å². The molecule has 1 aromatic carbocycles. The molecule has 0 saturated heterocycles. The highest BCUT2D eigenvalue weighted by Gasteiger charge is 2.18. The molecule has 0 fully saturated rings. The summed E-state index contributed by atoms with van der Waals surface area (Å²) >= 11 is 1.37. The summed E-state index contributed by atoms with van der Waals surface area (Å²) < 4.78 is 6.75. The van der Waals surface area contributed by atoms with Crippen molar-refractivity contribution in [3.63, 3.8) is 0 Å². The molecular formula is C21H16N6O3S. The smallest absolute Gasteiger partial charge is 0.378 e. The Balaban J connectivity index is 1.39. The van der Waals surface area contributed by atoms with Crippen LogP contribution in [0.5, 0.6) is 0 Å². The Kier molecular flexibility index (Phi) is 4.55. The van der Waals surface area contributed by atoms with E-state index in [1.54, 1.807) is 0 Å². The van der Waals surface area contributed by atoms with Crippen LogP contribution in [0.1, 0.15) is 27.8 Å². The third-order valence-electron chi connectivity index (χ3n) is 4.72. The molecule has 5 rings (SSSR count). The lowest BCUT2D eigenvalue weighted by Gasteiger charge is -2.03. The number of carbonyl (C=O) groups is 1. The van der Waals surface area contributed by atoms with Gasteiger partial charge in [0.05, 0.1) is 5.39 Å². The minimum Gasteiger partial charge on any atom is -0.452 e. The second-order valence-electron chi connectivity index (χ2n) is 6.97. The largest absolute Gasteiger partial charge is 0.452 e. The minimum absolute atomic E-state index is 0.105. The lowest BCUT2D eigenvalue weighted by Crippen LogP contribution is -2.14. The molecule has 0 amide bonds. The van der Waals surface area contributed by atoms with Gasteiger partial charge in [0, 0.05) is 22.3 Å². The average Bonchev–Trinajstić information content (AvgIpc) is 3.37. The highest BCUT2D eigenvalue weighted by Crippen LogP contribution is 2.30.